The Kier molecular flexibility index (Phi) is 4.94. The van der Waals surface area contributed by atoms with Crippen molar-refractivity contribution in [2.24, 2.45) is 0 Å². The number of anilines is 1. The lowest BCUT2D eigenvalue weighted by atomic mass is 10.0. The van der Waals surface area contributed by atoms with Gasteiger partial charge in [-0.25, -0.2) is 4.98 Å². The molecule has 2 aromatic carbocycles. The van der Waals surface area contributed by atoms with Gasteiger partial charge in [-0.05, 0) is 62.2 Å². The summed E-state index contributed by atoms with van der Waals surface area (Å²) < 4.78 is 6.43. The summed E-state index contributed by atoms with van der Waals surface area (Å²) in [7, 11) is 0. The number of nitrogens with zero attached hydrogens (tertiary/aromatic N) is 2. The molecule has 1 amide bonds. The number of aromatic hydroxyl groups is 1. The largest absolute Gasteiger partial charge is 0.507 e. The van der Waals surface area contributed by atoms with Crippen LogP contribution in [0.1, 0.15) is 28.5 Å². The van der Waals surface area contributed by atoms with E-state index < -0.39 is 0 Å². The minimum absolute atomic E-state index is 0.136. The third-order valence-electron chi connectivity index (χ3n) is 4.43. The Morgan fingerprint density at radius 1 is 1.24 bits per heavy atom. The zero-order chi connectivity index (χ0) is 20.5. The molecule has 4 rings (SSSR count). The average molecular weight is 408 g/mol. The van der Waals surface area contributed by atoms with E-state index in [9.17, 15) is 9.90 Å². The molecule has 29 heavy (non-hydrogen) atoms. The Labute approximate surface area is 171 Å². The summed E-state index contributed by atoms with van der Waals surface area (Å²) in [5.74, 6) is 0.558. The number of aromatic amines is 1. The molecule has 0 saturated carbocycles. The molecule has 0 aliphatic rings. The van der Waals surface area contributed by atoms with Crippen molar-refractivity contribution in [3.63, 3.8) is 0 Å². The molecule has 0 saturated heterocycles. The molecule has 8 heteroatoms. The Bertz CT molecular complexity index is 1190. The number of hydrogen-bond donors (Lipinski definition) is 3. The molecule has 4 aromatic rings. The van der Waals surface area contributed by atoms with Gasteiger partial charge in [-0.15, -0.1) is 0 Å². The first-order chi connectivity index (χ1) is 13.9. The second-order valence-corrected chi connectivity index (χ2v) is 7.71. The topological polar surface area (TPSA) is 100 Å². The van der Waals surface area contributed by atoms with E-state index in [1.54, 1.807) is 12.1 Å². The number of aromatic nitrogens is 3. The minimum atomic E-state index is -0.350. The SMILES string of the molecule is CCOc1ccc2nc(NC(=O)c3cc(-c4c(C)cc(C)cc4O)n[nH]3)sc2c1. The molecule has 0 atom stereocenters. The van der Waals surface area contributed by atoms with Crippen molar-refractivity contribution < 1.29 is 14.6 Å². The van der Waals surface area contributed by atoms with Crippen molar-refractivity contribution in [3.05, 3.63) is 53.2 Å². The van der Waals surface area contributed by atoms with Crippen LogP contribution in [0.15, 0.2) is 36.4 Å². The van der Waals surface area contributed by atoms with Gasteiger partial charge in [-0.3, -0.25) is 15.2 Å². The van der Waals surface area contributed by atoms with Gasteiger partial charge in [0.2, 0.25) is 0 Å². The van der Waals surface area contributed by atoms with Crippen LogP contribution in [-0.4, -0.2) is 32.8 Å². The van der Waals surface area contributed by atoms with Crippen molar-refractivity contribution in [3.8, 4) is 22.8 Å². The number of phenols is 1. The zero-order valence-electron chi connectivity index (χ0n) is 16.2. The molecule has 148 valence electrons. The van der Waals surface area contributed by atoms with Gasteiger partial charge in [0, 0.05) is 5.56 Å². The Morgan fingerprint density at radius 3 is 2.83 bits per heavy atom. The third kappa shape index (κ3) is 3.79. The first kappa shape index (κ1) is 18.9. The first-order valence-electron chi connectivity index (χ1n) is 9.15. The lowest BCUT2D eigenvalue weighted by molar-refractivity contribution is 0.102. The van der Waals surface area contributed by atoms with E-state index in [-0.39, 0.29) is 17.4 Å². The van der Waals surface area contributed by atoms with Crippen LogP contribution < -0.4 is 10.1 Å². The molecule has 2 aromatic heterocycles. The van der Waals surface area contributed by atoms with Crippen molar-refractivity contribution in [1.29, 1.82) is 0 Å². The summed E-state index contributed by atoms with van der Waals surface area (Å²) in [5.41, 5.74) is 4.04. The van der Waals surface area contributed by atoms with Gasteiger partial charge >= 0.3 is 0 Å². The van der Waals surface area contributed by atoms with Crippen molar-refractivity contribution in [2.75, 3.05) is 11.9 Å². The highest BCUT2D eigenvalue weighted by Crippen LogP contribution is 2.33. The molecule has 0 aliphatic carbocycles. The van der Waals surface area contributed by atoms with E-state index in [1.165, 1.54) is 11.3 Å². The van der Waals surface area contributed by atoms with Crippen LogP contribution in [0.3, 0.4) is 0 Å². The fraction of sp³-hybridized carbons (Fsp3) is 0.190. The van der Waals surface area contributed by atoms with Crippen LogP contribution in [0.4, 0.5) is 5.13 Å². The number of benzene rings is 2. The average Bonchev–Trinajstić information content (AvgIpc) is 3.27. The van der Waals surface area contributed by atoms with E-state index in [2.05, 4.69) is 20.5 Å². The quantitative estimate of drug-likeness (QED) is 0.446. The number of nitrogens with one attached hydrogen (secondary N) is 2. The second kappa shape index (κ2) is 7.56. The van der Waals surface area contributed by atoms with Crippen LogP contribution in [0, 0.1) is 13.8 Å². The summed E-state index contributed by atoms with van der Waals surface area (Å²) in [6.45, 7) is 6.33. The standard InChI is InChI=1S/C21H20N4O3S/c1-4-28-13-5-6-14-18(9-13)29-21(22-14)23-20(27)16-10-15(24-25-16)19-12(3)7-11(2)8-17(19)26/h5-10,26H,4H2,1-3H3,(H,24,25)(H,22,23,27). The number of aryl methyl sites for hydroxylation is 2. The Morgan fingerprint density at radius 2 is 2.07 bits per heavy atom. The van der Waals surface area contributed by atoms with Crippen LogP contribution in [-0.2, 0) is 0 Å². The smallest absolute Gasteiger partial charge is 0.275 e. The van der Waals surface area contributed by atoms with Gasteiger partial charge in [-0.2, -0.15) is 5.10 Å². The molecule has 0 bridgehead atoms. The summed E-state index contributed by atoms with van der Waals surface area (Å²) in [6.07, 6.45) is 0. The first-order valence-corrected chi connectivity index (χ1v) is 9.97. The molecule has 7 nitrogen and oxygen atoms in total. The fourth-order valence-electron chi connectivity index (χ4n) is 3.22. The number of thiazole rings is 1. The number of H-pyrrole nitrogens is 1. The molecule has 0 radical (unpaired) electrons. The molecule has 0 fully saturated rings. The fourth-order valence-corrected chi connectivity index (χ4v) is 4.11. The van der Waals surface area contributed by atoms with Crippen molar-refractivity contribution in [1.82, 2.24) is 15.2 Å². The summed E-state index contributed by atoms with van der Waals surface area (Å²) in [4.78, 5) is 17.1. The zero-order valence-corrected chi connectivity index (χ0v) is 17.1. The number of phenolic OH excluding ortho intramolecular Hbond substituents is 1. The molecule has 2 heterocycles. The highest BCUT2D eigenvalue weighted by Gasteiger charge is 2.17. The predicted octanol–water partition coefficient (Wildman–Crippen LogP) is 4.66. The minimum Gasteiger partial charge on any atom is -0.507 e. The maximum absolute atomic E-state index is 12.6. The summed E-state index contributed by atoms with van der Waals surface area (Å²) in [6, 6.07) is 10.9. The summed E-state index contributed by atoms with van der Waals surface area (Å²) in [5, 5.41) is 20.5. The van der Waals surface area contributed by atoms with Gasteiger partial charge in [0.05, 0.1) is 22.5 Å². The molecule has 0 spiro atoms. The normalized spacial score (nSPS) is 11.0. The van der Waals surface area contributed by atoms with Crippen molar-refractivity contribution in [2.45, 2.75) is 20.8 Å². The number of carbonyl (C=O) groups is 1. The number of fused-ring (bicyclic) bond motifs is 1. The lowest BCUT2D eigenvalue weighted by Crippen LogP contribution is -2.11. The van der Waals surface area contributed by atoms with Crippen molar-refractivity contribution >= 4 is 32.6 Å². The number of carbonyl (C=O) groups excluding carboxylic acids is 1. The monoisotopic (exact) mass is 408 g/mol. The molecule has 0 unspecified atom stereocenters. The molecule has 3 N–H and O–H groups in total. The second-order valence-electron chi connectivity index (χ2n) is 6.68. The van der Waals surface area contributed by atoms with E-state index in [1.807, 2.05) is 45.0 Å². The van der Waals surface area contributed by atoms with Gasteiger partial charge in [0.1, 0.15) is 17.2 Å². The van der Waals surface area contributed by atoms with Crippen LogP contribution in [0.5, 0.6) is 11.5 Å². The van der Waals surface area contributed by atoms with E-state index in [0.717, 1.165) is 27.1 Å². The third-order valence-corrected chi connectivity index (χ3v) is 5.36. The van der Waals surface area contributed by atoms with Gasteiger partial charge in [-0.1, -0.05) is 17.4 Å². The van der Waals surface area contributed by atoms with Gasteiger partial charge in [0.15, 0.2) is 5.13 Å². The molecular formula is C21H20N4O3S. The van der Waals surface area contributed by atoms with Crippen LogP contribution >= 0.6 is 11.3 Å². The highest BCUT2D eigenvalue weighted by atomic mass is 32.1. The van der Waals surface area contributed by atoms with Crippen LogP contribution in [0.25, 0.3) is 21.5 Å². The predicted molar refractivity (Wildman–Crippen MR) is 114 cm³/mol. The van der Waals surface area contributed by atoms with E-state index in [0.29, 0.717) is 23.0 Å². The molecular weight excluding hydrogens is 388 g/mol. The molecule has 0 aliphatic heterocycles. The number of rotatable bonds is 5. The lowest BCUT2D eigenvalue weighted by Gasteiger charge is -2.06. The Hall–Kier alpha value is -3.39. The van der Waals surface area contributed by atoms with E-state index in [4.69, 9.17) is 4.74 Å². The Balaban J connectivity index is 1.56. The maximum atomic E-state index is 12.6. The van der Waals surface area contributed by atoms with Gasteiger partial charge < -0.3 is 9.84 Å². The number of hydrogen-bond acceptors (Lipinski definition) is 6. The van der Waals surface area contributed by atoms with Gasteiger partial charge in [0.25, 0.3) is 5.91 Å². The summed E-state index contributed by atoms with van der Waals surface area (Å²) >= 11 is 1.37. The van der Waals surface area contributed by atoms with Crippen LogP contribution in [0.2, 0.25) is 0 Å². The number of amides is 1. The van der Waals surface area contributed by atoms with E-state index >= 15 is 0 Å². The highest BCUT2D eigenvalue weighted by molar-refractivity contribution is 7.22. The number of ether oxygens (including phenoxy) is 1. The maximum Gasteiger partial charge on any atom is 0.275 e.